The normalized spacial score (nSPS) is 14.9. The molecule has 0 atom stereocenters. The molecule has 5 rings (SSSR count). The molecule has 4 aromatic carbocycles. The number of hydrogen-bond donors (Lipinski definition) is 0. The predicted molar refractivity (Wildman–Crippen MR) is 143 cm³/mol. The maximum atomic E-state index is 13.0. The van der Waals surface area contributed by atoms with Crippen LogP contribution in [-0.4, -0.2) is 31.6 Å². The number of fused-ring (bicyclic) bond motifs is 1. The van der Waals surface area contributed by atoms with E-state index in [1.165, 1.54) is 48.4 Å². The highest BCUT2D eigenvalue weighted by Crippen LogP contribution is 2.34. The lowest BCUT2D eigenvalue weighted by molar-refractivity contribution is -0.123. The van der Waals surface area contributed by atoms with Crippen molar-refractivity contribution in [3.63, 3.8) is 0 Å². The Kier molecular flexibility index (Phi) is 6.73. The fourth-order valence-electron chi connectivity index (χ4n) is 3.88. The molecule has 186 valence electrons. The first-order valence-electron chi connectivity index (χ1n) is 11.2. The third-order valence-electron chi connectivity index (χ3n) is 5.74. The third-order valence-corrected chi connectivity index (χ3v) is 7.91. The standard InChI is InChI=1S/C28H21NO6S2/c1-34-23-11-13-25(14-12-23)37(32,33)35-24-8-4-5-19(16-24)17-26-27(30)29(28(31)36-26)18-20-9-10-21-6-2-3-7-22(21)15-20/h2-17H,18H2,1H3/b26-17-. The summed E-state index contributed by atoms with van der Waals surface area (Å²) in [6.07, 6.45) is 1.55. The minimum absolute atomic E-state index is 0.0199. The molecule has 4 aromatic rings. The molecule has 1 aliphatic rings. The molecule has 0 aliphatic carbocycles. The van der Waals surface area contributed by atoms with Crippen LogP contribution in [0, 0.1) is 0 Å². The summed E-state index contributed by atoms with van der Waals surface area (Å²) in [5, 5.41) is 1.75. The predicted octanol–water partition coefficient (Wildman–Crippen LogP) is 5.85. The van der Waals surface area contributed by atoms with E-state index in [1.54, 1.807) is 18.2 Å². The molecule has 0 aromatic heterocycles. The van der Waals surface area contributed by atoms with E-state index >= 15 is 0 Å². The van der Waals surface area contributed by atoms with Crippen LogP contribution in [0.15, 0.2) is 101 Å². The Morgan fingerprint density at radius 3 is 2.35 bits per heavy atom. The summed E-state index contributed by atoms with van der Waals surface area (Å²) in [6.45, 7) is 0.163. The Morgan fingerprint density at radius 1 is 0.838 bits per heavy atom. The first kappa shape index (κ1) is 24.6. The summed E-state index contributed by atoms with van der Waals surface area (Å²) in [4.78, 5) is 27.1. The van der Waals surface area contributed by atoms with Crippen molar-refractivity contribution < 1.29 is 26.9 Å². The average molecular weight is 532 g/mol. The number of methoxy groups -OCH3 is 1. The first-order valence-corrected chi connectivity index (χ1v) is 13.5. The zero-order chi connectivity index (χ0) is 26.0. The van der Waals surface area contributed by atoms with Crippen LogP contribution in [0.1, 0.15) is 11.1 Å². The number of carbonyl (C=O) groups excluding carboxylic acids is 2. The van der Waals surface area contributed by atoms with Crippen molar-refractivity contribution in [3.8, 4) is 11.5 Å². The molecule has 0 radical (unpaired) electrons. The Labute approximate surface area is 218 Å². The van der Waals surface area contributed by atoms with E-state index in [9.17, 15) is 18.0 Å². The van der Waals surface area contributed by atoms with Gasteiger partial charge in [0.2, 0.25) is 0 Å². The van der Waals surface area contributed by atoms with Gasteiger partial charge in [-0.25, -0.2) is 0 Å². The number of rotatable bonds is 7. The summed E-state index contributed by atoms with van der Waals surface area (Å²) >= 11 is 0.846. The van der Waals surface area contributed by atoms with Crippen LogP contribution in [0.4, 0.5) is 4.79 Å². The molecule has 2 amide bonds. The average Bonchev–Trinajstić information content (AvgIpc) is 3.15. The Bertz CT molecular complexity index is 1650. The molecular formula is C28H21NO6S2. The minimum Gasteiger partial charge on any atom is -0.497 e. The van der Waals surface area contributed by atoms with Crippen LogP contribution in [0.25, 0.3) is 16.8 Å². The summed E-state index contributed by atoms with van der Waals surface area (Å²) in [7, 11) is -2.58. The lowest BCUT2D eigenvalue weighted by Gasteiger charge is -2.13. The summed E-state index contributed by atoms with van der Waals surface area (Å²) < 4.78 is 35.7. The molecule has 0 saturated carbocycles. The number of ether oxygens (including phenoxy) is 1. The van der Waals surface area contributed by atoms with Gasteiger partial charge in [0.05, 0.1) is 18.6 Å². The molecule has 1 fully saturated rings. The first-order chi connectivity index (χ1) is 17.8. The Morgan fingerprint density at radius 2 is 1.59 bits per heavy atom. The van der Waals surface area contributed by atoms with Crippen LogP contribution in [-0.2, 0) is 21.5 Å². The number of carbonyl (C=O) groups is 2. The monoisotopic (exact) mass is 531 g/mol. The summed E-state index contributed by atoms with van der Waals surface area (Å²) in [5.41, 5.74) is 1.38. The molecule has 0 bridgehead atoms. The van der Waals surface area contributed by atoms with Gasteiger partial charge in [-0.3, -0.25) is 14.5 Å². The van der Waals surface area contributed by atoms with Gasteiger partial charge >= 0.3 is 10.1 Å². The van der Waals surface area contributed by atoms with Crippen molar-refractivity contribution in [3.05, 3.63) is 107 Å². The largest absolute Gasteiger partial charge is 0.497 e. The second-order valence-electron chi connectivity index (χ2n) is 8.23. The van der Waals surface area contributed by atoms with E-state index in [1.807, 2.05) is 42.5 Å². The number of hydrogen-bond acceptors (Lipinski definition) is 7. The van der Waals surface area contributed by atoms with Crippen LogP contribution < -0.4 is 8.92 Å². The van der Waals surface area contributed by atoms with Crippen molar-refractivity contribution in [2.45, 2.75) is 11.4 Å². The maximum Gasteiger partial charge on any atom is 0.339 e. The highest BCUT2D eigenvalue weighted by Gasteiger charge is 2.35. The molecule has 7 nitrogen and oxygen atoms in total. The lowest BCUT2D eigenvalue weighted by atomic mass is 10.1. The van der Waals surface area contributed by atoms with Gasteiger partial charge < -0.3 is 8.92 Å². The molecule has 9 heteroatoms. The molecule has 1 saturated heterocycles. The molecule has 0 unspecified atom stereocenters. The van der Waals surface area contributed by atoms with Gasteiger partial charge in [-0.1, -0.05) is 48.5 Å². The van der Waals surface area contributed by atoms with Crippen molar-refractivity contribution in [2.75, 3.05) is 7.11 Å². The molecular weight excluding hydrogens is 510 g/mol. The fraction of sp³-hybridized carbons (Fsp3) is 0.0714. The highest BCUT2D eigenvalue weighted by molar-refractivity contribution is 8.18. The number of amides is 2. The van der Waals surface area contributed by atoms with Crippen LogP contribution in [0.2, 0.25) is 0 Å². The maximum absolute atomic E-state index is 13.0. The van der Waals surface area contributed by atoms with Gasteiger partial charge in [0, 0.05) is 0 Å². The third kappa shape index (κ3) is 5.37. The van der Waals surface area contributed by atoms with E-state index in [2.05, 4.69) is 0 Å². The van der Waals surface area contributed by atoms with Crippen molar-refractivity contribution in [2.24, 2.45) is 0 Å². The van der Waals surface area contributed by atoms with Crippen molar-refractivity contribution >= 4 is 49.9 Å². The van der Waals surface area contributed by atoms with Crippen LogP contribution >= 0.6 is 11.8 Å². The number of thioether (sulfide) groups is 1. The zero-order valence-electron chi connectivity index (χ0n) is 19.7. The molecule has 1 heterocycles. The molecule has 0 spiro atoms. The van der Waals surface area contributed by atoms with Gasteiger partial charge in [0.25, 0.3) is 11.1 Å². The Hall–Kier alpha value is -4.08. The number of nitrogens with zero attached hydrogens (tertiary/aromatic N) is 1. The highest BCUT2D eigenvalue weighted by atomic mass is 32.2. The fourth-order valence-corrected chi connectivity index (χ4v) is 5.64. The molecule has 0 N–H and O–H groups in total. The molecule has 1 aliphatic heterocycles. The van der Waals surface area contributed by atoms with E-state index in [4.69, 9.17) is 8.92 Å². The van der Waals surface area contributed by atoms with Crippen molar-refractivity contribution in [1.82, 2.24) is 4.90 Å². The molecule has 37 heavy (non-hydrogen) atoms. The second kappa shape index (κ2) is 10.1. The van der Waals surface area contributed by atoms with Gasteiger partial charge in [-0.15, -0.1) is 0 Å². The van der Waals surface area contributed by atoms with Crippen molar-refractivity contribution in [1.29, 1.82) is 0 Å². The second-order valence-corrected chi connectivity index (χ2v) is 10.8. The van der Waals surface area contributed by atoms with Gasteiger partial charge in [-0.2, -0.15) is 8.42 Å². The van der Waals surface area contributed by atoms with E-state index < -0.39 is 16.0 Å². The number of imide groups is 1. The topological polar surface area (TPSA) is 90.0 Å². The van der Waals surface area contributed by atoms with Gasteiger partial charge in [0.15, 0.2) is 0 Å². The smallest absolute Gasteiger partial charge is 0.339 e. The zero-order valence-corrected chi connectivity index (χ0v) is 21.3. The van der Waals surface area contributed by atoms with Gasteiger partial charge in [0.1, 0.15) is 16.4 Å². The van der Waals surface area contributed by atoms with Crippen LogP contribution in [0.5, 0.6) is 11.5 Å². The van der Waals surface area contributed by atoms with E-state index in [-0.39, 0.29) is 27.3 Å². The SMILES string of the molecule is COc1ccc(S(=O)(=O)Oc2cccc(/C=C3\SC(=O)N(Cc4ccc5ccccc5c4)C3=O)c2)cc1. The van der Waals surface area contributed by atoms with E-state index in [0.29, 0.717) is 11.3 Å². The summed E-state index contributed by atoms with van der Waals surface area (Å²) in [6, 6.07) is 25.9. The number of benzene rings is 4. The van der Waals surface area contributed by atoms with E-state index in [0.717, 1.165) is 28.1 Å². The van der Waals surface area contributed by atoms with Crippen LogP contribution in [0.3, 0.4) is 0 Å². The Balaban J connectivity index is 1.33. The quantitative estimate of drug-likeness (QED) is 0.218. The minimum atomic E-state index is -4.07. The van der Waals surface area contributed by atoms with Gasteiger partial charge in [-0.05, 0) is 82.2 Å². The lowest BCUT2D eigenvalue weighted by Crippen LogP contribution is -2.27. The summed E-state index contributed by atoms with van der Waals surface area (Å²) in [5.74, 6) is 0.204.